The van der Waals surface area contributed by atoms with E-state index in [-0.39, 0.29) is 11.7 Å². The third kappa shape index (κ3) is 5.01. The third-order valence-corrected chi connectivity index (χ3v) is 5.76. The van der Waals surface area contributed by atoms with Crippen LogP contribution >= 0.6 is 0 Å². The molecule has 3 rings (SSSR count). The van der Waals surface area contributed by atoms with Crippen LogP contribution in [0.4, 0.5) is 0 Å². The predicted octanol–water partition coefficient (Wildman–Crippen LogP) is 2.11. The van der Waals surface area contributed by atoms with Crippen LogP contribution in [0.15, 0.2) is 12.1 Å². The number of methoxy groups -OCH3 is 1. The van der Waals surface area contributed by atoms with Crippen LogP contribution in [0.3, 0.4) is 0 Å². The van der Waals surface area contributed by atoms with Gasteiger partial charge in [-0.05, 0) is 31.4 Å². The zero-order valence-electron chi connectivity index (χ0n) is 15.0. The summed E-state index contributed by atoms with van der Waals surface area (Å²) in [7, 11) is -1.28. The predicted molar refractivity (Wildman–Crippen MR) is 96.3 cm³/mol. The monoisotopic (exact) mass is 369 g/mol. The number of benzene rings is 1. The van der Waals surface area contributed by atoms with E-state index in [4.69, 9.17) is 14.2 Å². The number of rotatable bonds is 5. The van der Waals surface area contributed by atoms with E-state index in [0.29, 0.717) is 13.2 Å². The number of sulfone groups is 1. The molecule has 2 aliphatic heterocycles. The van der Waals surface area contributed by atoms with Gasteiger partial charge in [0.2, 0.25) is 0 Å². The second-order valence-corrected chi connectivity index (χ2v) is 9.18. The van der Waals surface area contributed by atoms with Gasteiger partial charge in [-0.3, -0.25) is 4.90 Å². The molecule has 6 nitrogen and oxygen atoms in total. The molecule has 0 bridgehead atoms. The van der Waals surface area contributed by atoms with E-state index >= 15 is 0 Å². The minimum absolute atomic E-state index is 0.204. The Morgan fingerprint density at radius 3 is 2.60 bits per heavy atom. The number of hydrogen-bond acceptors (Lipinski definition) is 6. The van der Waals surface area contributed by atoms with E-state index in [2.05, 4.69) is 4.90 Å². The van der Waals surface area contributed by atoms with Crippen LogP contribution in [0.1, 0.15) is 24.8 Å². The van der Waals surface area contributed by atoms with Crippen LogP contribution in [0.5, 0.6) is 17.2 Å². The van der Waals surface area contributed by atoms with Crippen molar-refractivity contribution in [1.82, 2.24) is 4.90 Å². The molecule has 1 fully saturated rings. The number of likely N-dealkylation sites (tertiary alicyclic amines) is 1. The van der Waals surface area contributed by atoms with Crippen molar-refractivity contribution in [3.05, 3.63) is 17.7 Å². The first-order chi connectivity index (χ1) is 11.9. The van der Waals surface area contributed by atoms with Crippen LogP contribution in [-0.2, 0) is 16.4 Å². The van der Waals surface area contributed by atoms with Gasteiger partial charge in [-0.1, -0.05) is 0 Å². The lowest BCUT2D eigenvalue weighted by Crippen LogP contribution is -2.37. The number of hydrogen-bond donors (Lipinski definition) is 0. The Kier molecular flexibility index (Phi) is 5.74. The molecular weight excluding hydrogens is 342 g/mol. The van der Waals surface area contributed by atoms with Crippen LogP contribution in [0.2, 0.25) is 0 Å². The molecule has 1 atom stereocenters. The normalized spacial score (nSPS) is 21.6. The molecule has 0 aliphatic carbocycles. The van der Waals surface area contributed by atoms with Crippen molar-refractivity contribution >= 4 is 9.84 Å². The second-order valence-electron chi connectivity index (χ2n) is 7.00. The Labute approximate surface area is 150 Å². The molecule has 0 radical (unpaired) electrons. The fourth-order valence-corrected chi connectivity index (χ4v) is 4.77. The van der Waals surface area contributed by atoms with Crippen molar-refractivity contribution in [2.75, 3.05) is 45.4 Å². The summed E-state index contributed by atoms with van der Waals surface area (Å²) in [6, 6.07) is 3.90. The minimum atomic E-state index is -2.94. The fourth-order valence-electron chi connectivity index (χ4n) is 3.65. The molecule has 7 heteroatoms. The standard InChI is InChI=1S/C18H27NO5S/c1-22-16-10-18-17(23-7-4-8-24-18)9-15(16)12-19-6-3-5-14(11-19)13-25(2,20)21/h9-10,14H,3-8,11-13H2,1-2H3/t14-/m1/s1. The van der Waals surface area contributed by atoms with E-state index in [1.165, 1.54) is 6.26 Å². The largest absolute Gasteiger partial charge is 0.496 e. The van der Waals surface area contributed by atoms with Crippen LogP contribution in [0, 0.1) is 5.92 Å². The Balaban J connectivity index is 1.74. The van der Waals surface area contributed by atoms with Gasteiger partial charge >= 0.3 is 0 Å². The summed E-state index contributed by atoms with van der Waals surface area (Å²) in [4.78, 5) is 2.31. The van der Waals surface area contributed by atoms with Crippen molar-refractivity contribution in [2.45, 2.75) is 25.8 Å². The lowest BCUT2D eigenvalue weighted by Gasteiger charge is -2.32. The zero-order valence-corrected chi connectivity index (χ0v) is 15.8. The first-order valence-corrected chi connectivity index (χ1v) is 10.9. The third-order valence-electron chi connectivity index (χ3n) is 4.69. The second kappa shape index (κ2) is 7.83. The first-order valence-electron chi connectivity index (χ1n) is 8.81. The highest BCUT2D eigenvalue weighted by Gasteiger charge is 2.24. The number of nitrogens with zero attached hydrogens (tertiary/aromatic N) is 1. The van der Waals surface area contributed by atoms with E-state index in [9.17, 15) is 8.42 Å². The zero-order chi connectivity index (χ0) is 17.9. The van der Waals surface area contributed by atoms with E-state index in [1.54, 1.807) is 7.11 Å². The summed E-state index contributed by atoms with van der Waals surface area (Å²) in [5, 5.41) is 0. The van der Waals surface area contributed by atoms with Crippen molar-refractivity contribution < 1.29 is 22.6 Å². The van der Waals surface area contributed by atoms with Gasteiger partial charge in [0.15, 0.2) is 11.5 Å². The molecule has 0 N–H and O–H groups in total. The topological polar surface area (TPSA) is 65.1 Å². The quantitative estimate of drug-likeness (QED) is 0.792. The van der Waals surface area contributed by atoms with E-state index < -0.39 is 9.84 Å². The van der Waals surface area contributed by atoms with Gasteiger partial charge in [0.25, 0.3) is 0 Å². The molecule has 1 saturated heterocycles. The average Bonchev–Trinajstić information content (AvgIpc) is 2.77. The molecule has 1 aromatic carbocycles. The maximum Gasteiger partial charge on any atom is 0.164 e. The summed E-state index contributed by atoms with van der Waals surface area (Å²) in [6.45, 7) is 3.79. The summed E-state index contributed by atoms with van der Waals surface area (Å²) < 4.78 is 40.2. The van der Waals surface area contributed by atoms with E-state index in [1.807, 2.05) is 12.1 Å². The number of ether oxygens (including phenoxy) is 3. The minimum Gasteiger partial charge on any atom is -0.496 e. The molecule has 2 aliphatic rings. The molecule has 140 valence electrons. The fraction of sp³-hybridized carbons (Fsp3) is 0.667. The van der Waals surface area contributed by atoms with Crippen molar-refractivity contribution in [3.63, 3.8) is 0 Å². The van der Waals surface area contributed by atoms with E-state index in [0.717, 1.165) is 61.7 Å². The highest BCUT2D eigenvalue weighted by Crippen LogP contribution is 2.37. The van der Waals surface area contributed by atoms with Crippen LogP contribution in [-0.4, -0.2) is 58.7 Å². The van der Waals surface area contributed by atoms with Gasteiger partial charge in [0, 0.05) is 37.4 Å². The van der Waals surface area contributed by atoms with Crippen LogP contribution in [0.25, 0.3) is 0 Å². The number of piperidine rings is 1. The van der Waals surface area contributed by atoms with Crippen molar-refractivity contribution in [3.8, 4) is 17.2 Å². The maximum atomic E-state index is 11.6. The van der Waals surface area contributed by atoms with Crippen LogP contribution < -0.4 is 14.2 Å². The average molecular weight is 369 g/mol. The van der Waals surface area contributed by atoms with Gasteiger partial charge in [-0.25, -0.2) is 8.42 Å². The Bertz CT molecular complexity index is 704. The Morgan fingerprint density at radius 2 is 1.92 bits per heavy atom. The number of fused-ring (bicyclic) bond motifs is 1. The summed E-state index contributed by atoms with van der Waals surface area (Å²) >= 11 is 0. The lowest BCUT2D eigenvalue weighted by molar-refractivity contribution is 0.176. The Morgan fingerprint density at radius 1 is 1.20 bits per heavy atom. The molecule has 25 heavy (non-hydrogen) atoms. The van der Waals surface area contributed by atoms with Gasteiger partial charge in [0.1, 0.15) is 15.6 Å². The molecule has 0 amide bonds. The van der Waals surface area contributed by atoms with Crippen molar-refractivity contribution in [1.29, 1.82) is 0 Å². The molecular formula is C18H27NO5S. The van der Waals surface area contributed by atoms with Gasteiger partial charge < -0.3 is 14.2 Å². The molecule has 0 spiro atoms. The SMILES string of the molecule is COc1cc2c(cc1CN1CCC[C@@H](CS(C)(=O)=O)C1)OCCCO2. The molecule has 0 unspecified atom stereocenters. The van der Waals surface area contributed by atoms with Crippen molar-refractivity contribution in [2.24, 2.45) is 5.92 Å². The molecule has 2 heterocycles. The van der Waals surface area contributed by atoms with Gasteiger partial charge in [0.05, 0.1) is 26.1 Å². The summed E-state index contributed by atoms with van der Waals surface area (Å²) in [5.74, 6) is 2.75. The Hall–Kier alpha value is -1.47. The lowest BCUT2D eigenvalue weighted by atomic mass is 9.99. The molecule has 0 saturated carbocycles. The highest BCUT2D eigenvalue weighted by molar-refractivity contribution is 7.90. The first kappa shape index (κ1) is 18.3. The molecule has 0 aromatic heterocycles. The summed E-state index contributed by atoms with van der Waals surface area (Å²) in [6.07, 6.45) is 4.18. The van der Waals surface area contributed by atoms with Gasteiger partial charge in [-0.2, -0.15) is 0 Å². The summed E-state index contributed by atoms with van der Waals surface area (Å²) in [5.41, 5.74) is 1.05. The van der Waals surface area contributed by atoms with Gasteiger partial charge in [-0.15, -0.1) is 0 Å². The highest BCUT2D eigenvalue weighted by atomic mass is 32.2. The molecule has 1 aromatic rings. The smallest absolute Gasteiger partial charge is 0.164 e. The maximum absolute atomic E-state index is 11.6.